The Morgan fingerprint density at radius 2 is 1.61 bits per heavy atom. The van der Waals surface area contributed by atoms with E-state index in [1.807, 2.05) is 6.21 Å². The van der Waals surface area contributed by atoms with Crippen LogP contribution in [0.5, 0.6) is 0 Å². The van der Waals surface area contributed by atoms with Crippen molar-refractivity contribution in [2.24, 2.45) is 67.1 Å². The number of aliphatic imine (C=N–C) groups is 1. The molecule has 0 aromatic rings. The van der Waals surface area contributed by atoms with E-state index in [-0.39, 0.29) is 57.1 Å². The fourth-order valence-corrected chi connectivity index (χ4v) is 12.3. The first-order valence-corrected chi connectivity index (χ1v) is 15.6. The molecule has 0 amide bonds. The van der Waals surface area contributed by atoms with Crippen molar-refractivity contribution in [1.29, 1.82) is 0 Å². The lowest BCUT2D eigenvalue weighted by Gasteiger charge is -2.72. The maximum atomic E-state index is 13.7. The first-order chi connectivity index (χ1) is 17.7. The SMILES string of the molecule is CC1(C)CC[C@]23CC[C@]4(C)[C@H](CC[C@@H]5[C@@]6(C)C[C@@H](C=NCCO)C(=O)C(C)(C)[C@@H]6CC[C@]54C)[C@H]2[C@H]1OC3=O. The van der Waals surface area contributed by atoms with E-state index < -0.39 is 0 Å². The topological polar surface area (TPSA) is 76.0 Å². The lowest BCUT2D eigenvalue weighted by Crippen LogP contribution is -2.68. The number of hydrogen-bond acceptors (Lipinski definition) is 5. The van der Waals surface area contributed by atoms with Crippen molar-refractivity contribution in [2.45, 2.75) is 112 Å². The summed E-state index contributed by atoms with van der Waals surface area (Å²) in [5, 5.41) is 9.27. The molecule has 5 saturated carbocycles. The van der Waals surface area contributed by atoms with Gasteiger partial charge in [0.25, 0.3) is 0 Å². The van der Waals surface area contributed by atoms with Crippen LogP contribution < -0.4 is 0 Å². The molecule has 6 fully saturated rings. The predicted octanol–water partition coefficient (Wildman–Crippen LogP) is 6.26. The molecule has 0 unspecified atom stereocenters. The molecule has 0 aromatic carbocycles. The Hall–Kier alpha value is -1.23. The van der Waals surface area contributed by atoms with Gasteiger partial charge in [-0.1, -0.05) is 48.5 Å². The second-order valence-electron chi connectivity index (χ2n) is 16.3. The predicted molar refractivity (Wildman–Crippen MR) is 149 cm³/mol. The summed E-state index contributed by atoms with van der Waals surface area (Å²) in [7, 11) is 0. The van der Waals surface area contributed by atoms with Crippen LogP contribution in [0.3, 0.4) is 0 Å². The molecule has 1 aliphatic heterocycles. The summed E-state index contributed by atoms with van der Waals surface area (Å²) >= 11 is 0. The maximum absolute atomic E-state index is 13.7. The number of Topliss-reactive ketones (excluding diaryl/α,β-unsaturated/α-hetero) is 1. The standard InChI is InChI=1S/C33H51NO4/c1-28(2)12-14-33-15-13-31(6)21(24(33)26(28)38-27(33)37)8-9-23-30(5)18-20(19-34-16-17-35)25(36)29(3,4)22(30)10-11-32(23,31)7/h19-24,26,35H,8-18H2,1-7H3/t20-,21+,22-,23+,24-,26+,30-,31+,32+,33-/m0/s1. The number of carbonyl (C=O) groups is 2. The molecule has 212 valence electrons. The minimum absolute atomic E-state index is 0.0216. The van der Waals surface area contributed by atoms with Gasteiger partial charge in [-0.15, -0.1) is 0 Å². The first-order valence-electron chi connectivity index (χ1n) is 15.6. The third kappa shape index (κ3) is 3.12. The van der Waals surface area contributed by atoms with Gasteiger partial charge in [-0.25, -0.2) is 0 Å². The van der Waals surface area contributed by atoms with E-state index >= 15 is 0 Å². The molecule has 6 rings (SSSR count). The largest absolute Gasteiger partial charge is 0.461 e. The molecule has 5 nitrogen and oxygen atoms in total. The molecule has 0 aromatic heterocycles. The number of aliphatic hydroxyl groups excluding tert-OH is 1. The third-order valence-corrected chi connectivity index (χ3v) is 14.3. The number of carbonyl (C=O) groups excluding carboxylic acids is 2. The third-order valence-electron chi connectivity index (χ3n) is 14.3. The lowest BCUT2D eigenvalue weighted by atomic mass is 9.31. The molecular formula is C33H51NO4. The van der Waals surface area contributed by atoms with E-state index in [0.717, 1.165) is 38.5 Å². The van der Waals surface area contributed by atoms with Crippen LogP contribution >= 0.6 is 0 Å². The number of ether oxygens (including phenoxy) is 1. The number of ketones is 1. The summed E-state index contributed by atoms with van der Waals surface area (Å²) in [6.45, 7) is 17.1. The molecule has 5 aliphatic carbocycles. The van der Waals surface area contributed by atoms with Crippen LogP contribution in [0.25, 0.3) is 0 Å². The summed E-state index contributed by atoms with van der Waals surface area (Å²) in [4.78, 5) is 31.6. The van der Waals surface area contributed by atoms with Crippen molar-refractivity contribution < 1.29 is 19.4 Å². The molecule has 0 radical (unpaired) electrons. The zero-order chi connectivity index (χ0) is 27.5. The zero-order valence-electron chi connectivity index (χ0n) is 24.9. The second-order valence-corrected chi connectivity index (χ2v) is 16.3. The van der Waals surface area contributed by atoms with Gasteiger partial charge in [0, 0.05) is 23.0 Å². The number of esters is 1. The van der Waals surface area contributed by atoms with Gasteiger partial charge in [0.1, 0.15) is 11.9 Å². The molecule has 1 heterocycles. The Morgan fingerprint density at radius 1 is 0.895 bits per heavy atom. The molecule has 38 heavy (non-hydrogen) atoms. The van der Waals surface area contributed by atoms with Crippen LogP contribution in [-0.4, -0.2) is 42.3 Å². The molecule has 5 heteroatoms. The van der Waals surface area contributed by atoms with Crippen LogP contribution in [-0.2, 0) is 14.3 Å². The summed E-state index contributed by atoms with van der Waals surface area (Å²) < 4.78 is 6.30. The van der Waals surface area contributed by atoms with Gasteiger partial charge < -0.3 is 9.84 Å². The van der Waals surface area contributed by atoms with Crippen LogP contribution in [0.1, 0.15) is 106 Å². The Bertz CT molecular complexity index is 1060. The van der Waals surface area contributed by atoms with E-state index in [2.05, 4.69) is 53.5 Å². The number of nitrogens with zero attached hydrogens (tertiary/aromatic N) is 1. The van der Waals surface area contributed by atoms with Crippen molar-refractivity contribution in [3.63, 3.8) is 0 Å². The van der Waals surface area contributed by atoms with Crippen molar-refractivity contribution in [3.8, 4) is 0 Å². The second kappa shape index (κ2) is 8.17. The average Bonchev–Trinajstić information content (AvgIpc) is 3.10. The van der Waals surface area contributed by atoms with Crippen LogP contribution in [0.4, 0.5) is 0 Å². The van der Waals surface area contributed by atoms with Crippen LogP contribution in [0, 0.1) is 62.1 Å². The summed E-state index contributed by atoms with van der Waals surface area (Å²) in [5.41, 5.74) is -0.150. The van der Waals surface area contributed by atoms with Gasteiger partial charge in [0.05, 0.1) is 24.5 Å². The number of hydrogen-bond donors (Lipinski definition) is 1. The monoisotopic (exact) mass is 525 g/mol. The molecule has 0 spiro atoms. The summed E-state index contributed by atoms with van der Waals surface area (Å²) in [6.07, 6.45) is 11.6. The minimum atomic E-state index is -0.370. The Morgan fingerprint density at radius 3 is 2.32 bits per heavy atom. The number of fused-ring (bicyclic) bond motifs is 5. The lowest BCUT2D eigenvalue weighted by molar-refractivity contribution is -0.241. The van der Waals surface area contributed by atoms with Crippen LogP contribution in [0.2, 0.25) is 0 Å². The minimum Gasteiger partial charge on any atom is -0.461 e. The van der Waals surface area contributed by atoms with Gasteiger partial charge in [-0.3, -0.25) is 14.6 Å². The normalized spacial score (nSPS) is 52.5. The Balaban J connectivity index is 1.39. The zero-order valence-corrected chi connectivity index (χ0v) is 24.9. The smallest absolute Gasteiger partial charge is 0.312 e. The highest BCUT2D eigenvalue weighted by Crippen LogP contribution is 2.78. The fraction of sp³-hybridized carbons (Fsp3) is 0.909. The maximum Gasteiger partial charge on any atom is 0.312 e. The van der Waals surface area contributed by atoms with Crippen molar-refractivity contribution >= 4 is 18.0 Å². The van der Waals surface area contributed by atoms with Gasteiger partial charge in [0.2, 0.25) is 0 Å². The first kappa shape index (κ1) is 27.0. The quantitative estimate of drug-likeness (QED) is 0.348. The van der Waals surface area contributed by atoms with Gasteiger partial charge in [-0.2, -0.15) is 0 Å². The van der Waals surface area contributed by atoms with Gasteiger partial charge in [0.15, 0.2) is 0 Å². The van der Waals surface area contributed by atoms with Crippen molar-refractivity contribution in [3.05, 3.63) is 0 Å². The highest BCUT2D eigenvalue weighted by atomic mass is 16.6. The molecular weight excluding hydrogens is 474 g/mol. The van der Waals surface area contributed by atoms with Crippen LogP contribution in [0.15, 0.2) is 4.99 Å². The van der Waals surface area contributed by atoms with E-state index in [1.54, 1.807) is 0 Å². The molecule has 6 aliphatic rings. The van der Waals surface area contributed by atoms with Crippen molar-refractivity contribution in [2.75, 3.05) is 13.2 Å². The van der Waals surface area contributed by atoms with E-state index in [9.17, 15) is 14.7 Å². The van der Waals surface area contributed by atoms with Gasteiger partial charge in [-0.05, 0) is 91.8 Å². The molecule has 1 saturated heterocycles. The molecule has 1 N–H and O–H groups in total. The number of aliphatic hydroxyl groups is 1. The Kier molecular flexibility index (Phi) is 5.79. The summed E-state index contributed by atoms with van der Waals surface area (Å²) in [5.74, 6) is 2.09. The summed E-state index contributed by atoms with van der Waals surface area (Å²) in [6, 6.07) is 0. The fourth-order valence-electron chi connectivity index (χ4n) is 12.3. The molecule has 2 bridgehead atoms. The van der Waals surface area contributed by atoms with E-state index in [1.165, 1.54) is 19.3 Å². The van der Waals surface area contributed by atoms with E-state index in [4.69, 9.17) is 4.74 Å². The van der Waals surface area contributed by atoms with E-state index in [0.29, 0.717) is 36.0 Å². The highest BCUT2D eigenvalue weighted by molar-refractivity contribution is 5.99. The Labute approximate surface area is 230 Å². The molecule has 10 atom stereocenters. The van der Waals surface area contributed by atoms with Gasteiger partial charge >= 0.3 is 5.97 Å². The van der Waals surface area contributed by atoms with Crippen molar-refractivity contribution in [1.82, 2.24) is 0 Å². The number of rotatable bonds is 3. The average molecular weight is 526 g/mol. The highest BCUT2D eigenvalue weighted by Gasteiger charge is 2.75.